The first-order valence-electron chi connectivity index (χ1n) is 4.19. The van der Waals surface area contributed by atoms with Gasteiger partial charge in [-0.15, -0.1) is 0 Å². The molecule has 0 aliphatic carbocycles. The number of rotatable bonds is 1. The number of halogens is 1. The molecule has 0 saturated carbocycles. The summed E-state index contributed by atoms with van der Waals surface area (Å²) >= 11 is 5.84. The van der Waals surface area contributed by atoms with Gasteiger partial charge in [0.1, 0.15) is 0 Å². The van der Waals surface area contributed by atoms with Crippen molar-refractivity contribution in [3.8, 4) is 11.8 Å². The molecule has 0 heterocycles. The van der Waals surface area contributed by atoms with E-state index >= 15 is 0 Å². The Kier molecular flexibility index (Phi) is 3.82. The quantitative estimate of drug-likeness (QED) is 0.681. The summed E-state index contributed by atoms with van der Waals surface area (Å²) < 4.78 is 0. The smallest absolute Gasteiger partial charge is 0.0418 e. The highest BCUT2D eigenvalue weighted by molar-refractivity contribution is 6.30. The minimum Gasteiger partial charge on any atom is -0.330 e. The van der Waals surface area contributed by atoms with E-state index in [0.717, 1.165) is 22.6 Å². The summed E-state index contributed by atoms with van der Waals surface area (Å²) in [5, 5.41) is 0.725. The molecule has 0 amide bonds. The molecular weight excluding hydrogens is 182 g/mol. The van der Waals surface area contributed by atoms with Gasteiger partial charge in [-0.25, -0.2) is 0 Å². The second-order valence-corrected chi connectivity index (χ2v) is 3.24. The monoisotopic (exact) mass is 193 g/mol. The minimum atomic E-state index is 0.604. The van der Waals surface area contributed by atoms with E-state index in [4.69, 9.17) is 17.3 Å². The fourth-order valence-electron chi connectivity index (χ4n) is 0.959. The molecular formula is C11H12ClN. The standard InChI is InChI=1S/C11H12ClN/c1-9-5-6-11(12)8-10(9)4-2-3-7-13/h5-6,8H,3,7,13H2,1H3. The van der Waals surface area contributed by atoms with Crippen molar-refractivity contribution in [2.75, 3.05) is 6.54 Å². The summed E-state index contributed by atoms with van der Waals surface area (Å²) in [6.07, 6.45) is 0.728. The van der Waals surface area contributed by atoms with Gasteiger partial charge in [0, 0.05) is 23.6 Å². The lowest BCUT2D eigenvalue weighted by Crippen LogP contribution is -1.95. The predicted molar refractivity (Wildman–Crippen MR) is 56.7 cm³/mol. The minimum absolute atomic E-state index is 0.604. The molecule has 13 heavy (non-hydrogen) atoms. The van der Waals surface area contributed by atoms with Gasteiger partial charge in [-0.3, -0.25) is 0 Å². The maximum atomic E-state index is 5.84. The highest BCUT2D eigenvalue weighted by Gasteiger charge is 1.94. The van der Waals surface area contributed by atoms with Crippen molar-refractivity contribution < 1.29 is 0 Å². The van der Waals surface area contributed by atoms with E-state index in [1.807, 2.05) is 25.1 Å². The third kappa shape index (κ3) is 3.10. The Balaban J connectivity index is 2.89. The van der Waals surface area contributed by atoms with Crippen molar-refractivity contribution in [2.24, 2.45) is 5.73 Å². The summed E-state index contributed by atoms with van der Waals surface area (Å²) in [6.45, 7) is 2.62. The molecule has 0 aliphatic heterocycles. The largest absolute Gasteiger partial charge is 0.330 e. The Morgan fingerprint density at radius 1 is 1.46 bits per heavy atom. The van der Waals surface area contributed by atoms with Crippen LogP contribution in [-0.2, 0) is 0 Å². The normalized spacial score (nSPS) is 9.15. The Hall–Kier alpha value is -0.970. The van der Waals surface area contributed by atoms with E-state index in [0.29, 0.717) is 6.54 Å². The molecule has 2 N–H and O–H groups in total. The molecule has 1 rings (SSSR count). The van der Waals surface area contributed by atoms with E-state index in [1.54, 1.807) is 0 Å². The molecule has 0 fully saturated rings. The third-order valence-electron chi connectivity index (χ3n) is 1.69. The van der Waals surface area contributed by atoms with Gasteiger partial charge in [-0.1, -0.05) is 29.5 Å². The predicted octanol–water partition coefficient (Wildman–Crippen LogP) is 2.35. The SMILES string of the molecule is Cc1ccc(Cl)cc1C#CCCN. The van der Waals surface area contributed by atoms with E-state index in [2.05, 4.69) is 11.8 Å². The van der Waals surface area contributed by atoms with E-state index in [1.165, 1.54) is 0 Å². The van der Waals surface area contributed by atoms with Gasteiger partial charge in [-0.2, -0.15) is 0 Å². The van der Waals surface area contributed by atoms with Gasteiger partial charge >= 0.3 is 0 Å². The molecule has 0 saturated heterocycles. The van der Waals surface area contributed by atoms with Crippen LogP contribution in [0.2, 0.25) is 5.02 Å². The zero-order valence-electron chi connectivity index (χ0n) is 7.60. The maximum Gasteiger partial charge on any atom is 0.0418 e. The highest BCUT2D eigenvalue weighted by Crippen LogP contribution is 2.13. The van der Waals surface area contributed by atoms with Crippen molar-refractivity contribution in [3.63, 3.8) is 0 Å². The molecule has 0 aromatic heterocycles. The van der Waals surface area contributed by atoms with Crippen LogP contribution in [0, 0.1) is 18.8 Å². The van der Waals surface area contributed by atoms with Crippen molar-refractivity contribution in [2.45, 2.75) is 13.3 Å². The molecule has 0 spiro atoms. The molecule has 0 atom stereocenters. The number of nitrogens with two attached hydrogens (primary N) is 1. The second kappa shape index (κ2) is 4.91. The average molecular weight is 194 g/mol. The van der Waals surface area contributed by atoms with E-state index in [9.17, 15) is 0 Å². The maximum absolute atomic E-state index is 5.84. The van der Waals surface area contributed by atoms with Crippen LogP contribution in [0.4, 0.5) is 0 Å². The summed E-state index contributed by atoms with van der Waals surface area (Å²) in [5.74, 6) is 6.03. The van der Waals surface area contributed by atoms with Crippen LogP contribution >= 0.6 is 11.6 Å². The second-order valence-electron chi connectivity index (χ2n) is 2.80. The Morgan fingerprint density at radius 3 is 2.92 bits per heavy atom. The topological polar surface area (TPSA) is 26.0 Å². The van der Waals surface area contributed by atoms with Crippen molar-refractivity contribution in [1.82, 2.24) is 0 Å². The fourth-order valence-corrected chi connectivity index (χ4v) is 1.13. The van der Waals surface area contributed by atoms with E-state index in [-0.39, 0.29) is 0 Å². The highest BCUT2D eigenvalue weighted by atomic mass is 35.5. The van der Waals surface area contributed by atoms with Crippen molar-refractivity contribution >= 4 is 11.6 Å². The van der Waals surface area contributed by atoms with Crippen LogP contribution in [0.25, 0.3) is 0 Å². The molecule has 68 valence electrons. The molecule has 1 aromatic rings. The lowest BCUT2D eigenvalue weighted by molar-refractivity contribution is 1.03. The zero-order valence-corrected chi connectivity index (χ0v) is 8.36. The summed E-state index contributed by atoms with van der Waals surface area (Å²) in [6, 6.07) is 5.71. The molecule has 0 aliphatic rings. The van der Waals surface area contributed by atoms with E-state index < -0.39 is 0 Å². The molecule has 1 nitrogen and oxygen atoms in total. The fraction of sp³-hybridized carbons (Fsp3) is 0.273. The average Bonchev–Trinajstić information content (AvgIpc) is 2.11. The van der Waals surface area contributed by atoms with Gasteiger partial charge < -0.3 is 5.73 Å². The number of hydrogen-bond acceptors (Lipinski definition) is 1. The summed E-state index contributed by atoms with van der Waals surface area (Å²) in [7, 11) is 0. The van der Waals surface area contributed by atoms with Crippen LogP contribution < -0.4 is 5.73 Å². The van der Waals surface area contributed by atoms with Gasteiger partial charge in [0.25, 0.3) is 0 Å². The molecule has 1 aromatic carbocycles. The number of benzene rings is 1. The van der Waals surface area contributed by atoms with Gasteiger partial charge in [0.05, 0.1) is 0 Å². The Bertz CT molecular complexity index is 347. The van der Waals surface area contributed by atoms with Crippen molar-refractivity contribution in [1.29, 1.82) is 0 Å². The zero-order chi connectivity index (χ0) is 9.68. The Morgan fingerprint density at radius 2 is 2.23 bits per heavy atom. The lowest BCUT2D eigenvalue weighted by Gasteiger charge is -1.97. The van der Waals surface area contributed by atoms with Gasteiger partial charge in [-0.05, 0) is 24.6 Å². The first kappa shape index (κ1) is 10.1. The van der Waals surface area contributed by atoms with Crippen LogP contribution in [0.5, 0.6) is 0 Å². The van der Waals surface area contributed by atoms with Crippen LogP contribution in [0.3, 0.4) is 0 Å². The molecule has 0 bridgehead atoms. The number of aryl methyl sites for hydroxylation is 1. The van der Waals surface area contributed by atoms with Gasteiger partial charge in [0.2, 0.25) is 0 Å². The van der Waals surface area contributed by atoms with Crippen LogP contribution in [0.1, 0.15) is 17.5 Å². The first-order valence-corrected chi connectivity index (χ1v) is 4.57. The molecule has 0 radical (unpaired) electrons. The van der Waals surface area contributed by atoms with Gasteiger partial charge in [0.15, 0.2) is 0 Å². The third-order valence-corrected chi connectivity index (χ3v) is 1.93. The molecule has 0 unspecified atom stereocenters. The van der Waals surface area contributed by atoms with Crippen molar-refractivity contribution in [3.05, 3.63) is 34.3 Å². The first-order chi connectivity index (χ1) is 6.24. The Labute approximate surface area is 83.9 Å². The number of hydrogen-bond donors (Lipinski definition) is 1. The van der Waals surface area contributed by atoms with Crippen LogP contribution in [0.15, 0.2) is 18.2 Å². The lowest BCUT2D eigenvalue weighted by atomic mass is 10.1. The summed E-state index contributed by atoms with van der Waals surface area (Å²) in [4.78, 5) is 0. The van der Waals surface area contributed by atoms with Crippen LogP contribution in [-0.4, -0.2) is 6.54 Å². The summed E-state index contributed by atoms with van der Waals surface area (Å²) in [5.41, 5.74) is 7.47. The molecule has 2 heteroatoms.